The zero-order valence-electron chi connectivity index (χ0n) is 10.8. The summed E-state index contributed by atoms with van der Waals surface area (Å²) in [4.78, 5) is 13.2. The number of aromatic nitrogens is 2. The molecule has 2 aromatic heterocycles. The van der Waals surface area contributed by atoms with Gasteiger partial charge >= 0.3 is 0 Å². The van der Waals surface area contributed by atoms with Gasteiger partial charge in [-0.3, -0.25) is 4.98 Å². The quantitative estimate of drug-likeness (QED) is 0.767. The third-order valence-corrected chi connectivity index (χ3v) is 3.58. The monoisotopic (exact) mass is 240 g/mol. The van der Waals surface area contributed by atoms with Crippen molar-refractivity contribution in [3.63, 3.8) is 0 Å². The molecule has 3 heterocycles. The van der Waals surface area contributed by atoms with Crippen LogP contribution in [0.25, 0.3) is 0 Å². The first-order valence-electron chi connectivity index (χ1n) is 6.08. The molecule has 0 fully saturated rings. The van der Waals surface area contributed by atoms with E-state index < -0.39 is 0 Å². The summed E-state index contributed by atoms with van der Waals surface area (Å²) in [6, 6.07) is 6.11. The maximum Gasteiger partial charge on any atom is 0.158 e. The Bertz CT molecular complexity index is 582. The van der Waals surface area contributed by atoms with Crippen molar-refractivity contribution in [2.45, 2.75) is 20.0 Å². The molecule has 1 aliphatic heterocycles. The van der Waals surface area contributed by atoms with Crippen molar-refractivity contribution in [3.05, 3.63) is 42.4 Å². The van der Waals surface area contributed by atoms with Crippen molar-refractivity contribution >= 4 is 17.2 Å². The topological polar surface area (TPSA) is 32.3 Å². The summed E-state index contributed by atoms with van der Waals surface area (Å²) in [5.74, 6) is 1.00. The maximum absolute atomic E-state index is 4.52. The van der Waals surface area contributed by atoms with Crippen LogP contribution in [-0.2, 0) is 0 Å². The number of pyridine rings is 2. The van der Waals surface area contributed by atoms with Gasteiger partial charge in [0.2, 0.25) is 0 Å². The SMILES string of the molecule is Cc1ccncc1N1c2ncccc2N(C)C1C. The number of nitrogens with zero attached hydrogens (tertiary/aromatic N) is 4. The van der Waals surface area contributed by atoms with Crippen LogP contribution in [0.3, 0.4) is 0 Å². The molecule has 18 heavy (non-hydrogen) atoms. The Labute approximate surface area is 107 Å². The third-order valence-electron chi connectivity index (χ3n) is 3.58. The molecule has 0 N–H and O–H groups in total. The van der Waals surface area contributed by atoms with Crippen molar-refractivity contribution in [2.75, 3.05) is 16.8 Å². The van der Waals surface area contributed by atoms with E-state index in [0.717, 1.165) is 17.2 Å². The molecule has 1 atom stereocenters. The van der Waals surface area contributed by atoms with Crippen molar-refractivity contribution in [2.24, 2.45) is 0 Å². The summed E-state index contributed by atoms with van der Waals surface area (Å²) < 4.78 is 0. The molecule has 1 aliphatic rings. The summed E-state index contributed by atoms with van der Waals surface area (Å²) >= 11 is 0. The van der Waals surface area contributed by atoms with E-state index in [0.29, 0.717) is 0 Å². The summed E-state index contributed by atoms with van der Waals surface area (Å²) in [5.41, 5.74) is 3.49. The fourth-order valence-electron chi connectivity index (χ4n) is 2.42. The smallest absolute Gasteiger partial charge is 0.158 e. The minimum Gasteiger partial charge on any atom is -0.351 e. The predicted molar refractivity (Wildman–Crippen MR) is 73.2 cm³/mol. The van der Waals surface area contributed by atoms with Gasteiger partial charge in [-0.05, 0) is 37.6 Å². The van der Waals surface area contributed by atoms with E-state index in [2.05, 4.69) is 46.7 Å². The van der Waals surface area contributed by atoms with E-state index in [-0.39, 0.29) is 6.17 Å². The minimum atomic E-state index is 0.248. The van der Waals surface area contributed by atoms with Crippen LogP contribution >= 0.6 is 0 Å². The van der Waals surface area contributed by atoms with E-state index in [1.54, 1.807) is 0 Å². The highest BCUT2D eigenvalue weighted by atomic mass is 15.4. The molecule has 0 amide bonds. The fourth-order valence-corrected chi connectivity index (χ4v) is 2.42. The third kappa shape index (κ3) is 1.45. The van der Waals surface area contributed by atoms with E-state index in [1.807, 2.05) is 30.7 Å². The average Bonchev–Trinajstić information content (AvgIpc) is 2.64. The summed E-state index contributed by atoms with van der Waals surface area (Å²) in [6.07, 6.45) is 5.81. The van der Waals surface area contributed by atoms with Gasteiger partial charge < -0.3 is 9.80 Å². The Balaban J connectivity index is 2.16. The molecule has 92 valence electrons. The van der Waals surface area contributed by atoms with Crippen LogP contribution < -0.4 is 9.80 Å². The number of rotatable bonds is 1. The molecular formula is C14H16N4. The van der Waals surface area contributed by atoms with E-state index in [9.17, 15) is 0 Å². The lowest BCUT2D eigenvalue weighted by Crippen LogP contribution is -2.36. The lowest BCUT2D eigenvalue weighted by Gasteiger charge is -2.27. The molecule has 3 rings (SSSR count). The van der Waals surface area contributed by atoms with E-state index in [1.165, 1.54) is 5.56 Å². The van der Waals surface area contributed by atoms with Crippen molar-refractivity contribution < 1.29 is 0 Å². The molecule has 0 aliphatic carbocycles. The van der Waals surface area contributed by atoms with Gasteiger partial charge in [-0.2, -0.15) is 0 Å². The second-order valence-corrected chi connectivity index (χ2v) is 4.62. The lowest BCUT2D eigenvalue weighted by molar-refractivity contribution is 0.728. The largest absolute Gasteiger partial charge is 0.351 e. The number of hydrogen-bond acceptors (Lipinski definition) is 4. The molecule has 4 heteroatoms. The predicted octanol–water partition coefficient (Wildman–Crippen LogP) is 2.72. The molecule has 0 spiro atoms. The first-order valence-corrected chi connectivity index (χ1v) is 6.08. The van der Waals surface area contributed by atoms with Crippen LogP contribution in [0.5, 0.6) is 0 Å². The Hall–Kier alpha value is -2.10. The van der Waals surface area contributed by atoms with Gasteiger partial charge in [0.15, 0.2) is 5.82 Å². The fraction of sp³-hybridized carbons (Fsp3) is 0.286. The highest BCUT2D eigenvalue weighted by Gasteiger charge is 2.33. The first-order chi connectivity index (χ1) is 8.70. The summed E-state index contributed by atoms with van der Waals surface area (Å²) in [5, 5.41) is 0. The highest BCUT2D eigenvalue weighted by molar-refractivity contribution is 5.80. The van der Waals surface area contributed by atoms with E-state index in [4.69, 9.17) is 0 Å². The number of hydrogen-bond donors (Lipinski definition) is 0. The van der Waals surface area contributed by atoms with Crippen LogP contribution in [-0.4, -0.2) is 23.2 Å². The average molecular weight is 240 g/mol. The van der Waals surface area contributed by atoms with Gasteiger partial charge in [-0.1, -0.05) is 0 Å². The molecule has 0 radical (unpaired) electrons. The normalized spacial score (nSPS) is 18.1. The second kappa shape index (κ2) is 3.98. The minimum absolute atomic E-state index is 0.248. The van der Waals surface area contributed by atoms with E-state index >= 15 is 0 Å². The van der Waals surface area contributed by atoms with Crippen LogP contribution in [0.1, 0.15) is 12.5 Å². The lowest BCUT2D eigenvalue weighted by atomic mass is 10.2. The summed E-state index contributed by atoms with van der Waals surface area (Å²) in [7, 11) is 2.09. The van der Waals surface area contributed by atoms with Gasteiger partial charge in [0.1, 0.15) is 6.17 Å². The van der Waals surface area contributed by atoms with Gasteiger partial charge in [-0.25, -0.2) is 4.98 Å². The Morgan fingerprint density at radius 3 is 2.78 bits per heavy atom. The van der Waals surface area contributed by atoms with Gasteiger partial charge in [0, 0.05) is 19.4 Å². The number of fused-ring (bicyclic) bond motifs is 1. The second-order valence-electron chi connectivity index (χ2n) is 4.62. The Kier molecular flexibility index (Phi) is 2.44. The molecule has 0 aromatic carbocycles. The van der Waals surface area contributed by atoms with Crippen molar-refractivity contribution in [1.29, 1.82) is 0 Å². The zero-order valence-corrected chi connectivity index (χ0v) is 10.8. The number of aryl methyl sites for hydroxylation is 1. The Morgan fingerprint density at radius 1 is 1.17 bits per heavy atom. The standard InChI is InChI=1S/C14H16N4/c1-10-6-8-15-9-13(10)18-11(2)17(3)12-5-4-7-16-14(12)18/h4-9,11H,1-3H3. The molecule has 4 nitrogen and oxygen atoms in total. The Morgan fingerprint density at radius 2 is 2.00 bits per heavy atom. The van der Waals surface area contributed by atoms with Gasteiger partial charge in [0.05, 0.1) is 17.6 Å². The molecule has 0 saturated heterocycles. The van der Waals surface area contributed by atoms with Crippen LogP contribution in [0, 0.1) is 6.92 Å². The molecular weight excluding hydrogens is 224 g/mol. The first kappa shape index (κ1) is 11.0. The van der Waals surface area contributed by atoms with Gasteiger partial charge in [-0.15, -0.1) is 0 Å². The van der Waals surface area contributed by atoms with Crippen molar-refractivity contribution in [3.8, 4) is 0 Å². The zero-order chi connectivity index (χ0) is 12.7. The van der Waals surface area contributed by atoms with Crippen molar-refractivity contribution in [1.82, 2.24) is 9.97 Å². The van der Waals surface area contributed by atoms with Crippen LogP contribution in [0.4, 0.5) is 17.2 Å². The molecule has 0 bridgehead atoms. The number of anilines is 3. The summed E-state index contributed by atoms with van der Waals surface area (Å²) in [6.45, 7) is 4.28. The molecule has 1 unspecified atom stereocenters. The van der Waals surface area contributed by atoms with Crippen LogP contribution in [0.15, 0.2) is 36.8 Å². The van der Waals surface area contributed by atoms with Crippen LogP contribution in [0.2, 0.25) is 0 Å². The maximum atomic E-state index is 4.52. The molecule has 0 saturated carbocycles. The van der Waals surface area contributed by atoms with Gasteiger partial charge in [0.25, 0.3) is 0 Å². The highest BCUT2D eigenvalue weighted by Crippen LogP contribution is 2.41. The molecule has 2 aromatic rings.